The maximum Gasteiger partial charge on any atom is 0.0406 e. The average molecular weight is 304 g/mol. The molecule has 0 aromatic carbocycles. The molecule has 0 radical (unpaired) electrons. The fourth-order valence-corrected chi connectivity index (χ4v) is 3.06. The Morgan fingerprint density at radius 2 is 1.23 bits per heavy atom. The third kappa shape index (κ3) is 10.8. The van der Waals surface area contributed by atoms with E-state index >= 15 is 0 Å². The lowest BCUT2D eigenvalue weighted by molar-refractivity contribution is 0.539. The van der Waals surface area contributed by atoms with Crippen molar-refractivity contribution in [1.29, 1.82) is 0 Å². The number of aromatic nitrogens is 1. The summed E-state index contributed by atoms with van der Waals surface area (Å²) >= 11 is 0. The van der Waals surface area contributed by atoms with E-state index in [4.69, 9.17) is 0 Å². The molecule has 0 N–H and O–H groups in total. The second-order valence-electron chi connectivity index (χ2n) is 6.82. The van der Waals surface area contributed by atoms with Crippen LogP contribution in [-0.2, 0) is 6.42 Å². The molecule has 0 spiro atoms. The Balaban J connectivity index is 1.80. The van der Waals surface area contributed by atoms with Crippen molar-refractivity contribution in [3.8, 4) is 0 Å². The first-order valence-electron chi connectivity index (χ1n) is 9.74. The Morgan fingerprint density at radius 3 is 1.73 bits per heavy atom. The van der Waals surface area contributed by atoms with Crippen LogP contribution in [0.25, 0.3) is 0 Å². The first-order chi connectivity index (χ1) is 10.8. The number of hydrogen-bond acceptors (Lipinski definition) is 1. The average Bonchev–Trinajstić information content (AvgIpc) is 2.52. The molecule has 0 saturated heterocycles. The highest BCUT2D eigenvalue weighted by atomic mass is 14.7. The second kappa shape index (κ2) is 13.8. The van der Waals surface area contributed by atoms with Gasteiger partial charge in [0, 0.05) is 11.9 Å². The summed E-state index contributed by atoms with van der Waals surface area (Å²) in [6.45, 7) is 4.44. The molecule has 126 valence electrons. The zero-order valence-corrected chi connectivity index (χ0v) is 15.1. The van der Waals surface area contributed by atoms with E-state index in [1.54, 1.807) is 0 Å². The van der Waals surface area contributed by atoms with Crippen LogP contribution >= 0.6 is 0 Å². The van der Waals surface area contributed by atoms with E-state index in [9.17, 15) is 0 Å². The molecule has 0 unspecified atom stereocenters. The van der Waals surface area contributed by atoms with Gasteiger partial charge in [-0.05, 0) is 37.5 Å². The van der Waals surface area contributed by atoms with Crippen molar-refractivity contribution in [2.75, 3.05) is 0 Å². The van der Waals surface area contributed by atoms with Crippen LogP contribution in [0.1, 0.15) is 102 Å². The first-order valence-corrected chi connectivity index (χ1v) is 9.74. The summed E-state index contributed by atoms with van der Waals surface area (Å²) in [6.07, 6.45) is 21.6. The lowest BCUT2D eigenvalue weighted by atomic mass is 10.0. The minimum atomic E-state index is 1.15. The Hall–Kier alpha value is -0.850. The van der Waals surface area contributed by atoms with E-state index in [1.165, 1.54) is 94.7 Å². The van der Waals surface area contributed by atoms with Crippen molar-refractivity contribution in [2.24, 2.45) is 0 Å². The third-order valence-electron chi connectivity index (χ3n) is 4.51. The predicted octanol–water partition coefficient (Wildman–Crippen LogP) is 7.02. The molecular formula is C21H37N. The van der Waals surface area contributed by atoms with Crippen molar-refractivity contribution in [1.82, 2.24) is 4.98 Å². The minimum absolute atomic E-state index is 1.15. The lowest BCUT2D eigenvalue weighted by Crippen LogP contribution is -1.91. The monoisotopic (exact) mass is 303 g/mol. The van der Waals surface area contributed by atoms with E-state index < -0.39 is 0 Å². The van der Waals surface area contributed by atoms with Crippen molar-refractivity contribution >= 4 is 0 Å². The number of rotatable bonds is 14. The van der Waals surface area contributed by atoms with Gasteiger partial charge in [0.2, 0.25) is 0 Å². The summed E-state index contributed by atoms with van der Waals surface area (Å²) in [5, 5.41) is 0. The fourth-order valence-electron chi connectivity index (χ4n) is 3.06. The molecule has 1 aromatic rings. The standard InChI is InChI=1S/C21H37N/c1-3-4-5-6-7-8-9-10-11-12-13-14-15-16-21-19-20(2)17-18-22-21/h17-19H,3-16H2,1-2H3. The molecule has 22 heavy (non-hydrogen) atoms. The van der Waals surface area contributed by atoms with Crippen molar-refractivity contribution in [3.05, 3.63) is 29.6 Å². The number of nitrogens with zero attached hydrogens (tertiary/aromatic N) is 1. The zero-order chi connectivity index (χ0) is 15.9. The van der Waals surface area contributed by atoms with Gasteiger partial charge in [-0.2, -0.15) is 0 Å². The van der Waals surface area contributed by atoms with Gasteiger partial charge in [-0.15, -0.1) is 0 Å². The Morgan fingerprint density at radius 1 is 0.727 bits per heavy atom. The zero-order valence-electron chi connectivity index (χ0n) is 15.1. The predicted molar refractivity (Wildman–Crippen MR) is 98.4 cm³/mol. The van der Waals surface area contributed by atoms with E-state index in [1.807, 2.05) is 6.20 Å². The summed E-state index contributed by atoms with van der Waals surface area (Å²) in [7, 11) is 0. The molecule has 1 rings (SSSR count). The van der Waals surface area contributed by atoms with E-state index in [0.717, 1.165) is 6.42 Å². The van der Waals surface area contributed by atoms with E-state index in [-0.39, 0.29) is 0 Å². The highest BCUT2D eigenvalue weighted by molar-refractivity contribution is 5.14. The molecule has 0 aliphatic carbocycles. The molecule has 1 aromatic heterocycles. The molecule has 1 heterocycles. The van der Waals surface area contributed by atoms with Crippen LogP contribution in [-0.4, -0.2) is 4.98 Å². The van der Waals surface area contributed by atoms with Crippen LogP contribution in [0.2, 0.25) is 0 Å². The quantitative estimate of drug-likeness (QED) is 0.336. The van der Waals surface area contributed by atoms with Crippen LogP contribution in [0.5, 0.6) is 0 Å². The van der Waals surface area contributed by atoms with Crippen LogP contribution in [0, 0.1) is 6.92 Å². The molecule has 1 nitrogen and oxygen atoms in total. The van der Waals surface area contributed by atoms with Gasteiger partial charge in [0.15, 0.2) is 0 Å². The lowest BCUT2D eigenvalue weighted by Gasteiger charge is -2.03. The van der Waals surface area contributed by atoms with Crippen LogP contribution in [0.15, 0.2) is 18.3 Å². The molecule has 1 heteroatoms. The molecular weight excluding hydrogens is 266 g/mol. The van der Waals surface area contributed by atoms with Gasteiger partial charge < -0.3 is 0 Å². The Bertz CT molecular complexity index is 359. The van der Waals surface area contributed by atoms with Crippen LogP contribution < -0.4 is 0 Å². The topological polar surface area (TPSA) is 12.9 Å². The summed E-state index contributed by atoms with van der Waals surface area (Å²) in [4.78, 5) is 4.43. The Labute approximate surface area is 138 Å². The number of pyridine rings is 1. The largest absolute Gasteiger partial charge is 0.261 e. The maximum atomic E-state index is 4.43. The van der Waals surface area contributed by atoms with Gasteiger partial charge in [0.05, 0.1) is 0 Å². The van der Waals surface area contributed by atoms with Gasteiger partial charge in [0.1, 0.15) is 0 Å². The molecule has 0 aliphatic rings. The maximum absolute atomic E-state index is 4.43. The van der Waals surface area contributed by atoms with Gasteiger partial charge in [0.25, 0.3) is 0 Å². The third-order valence-corrected chi connectivity index (χ3v) is 4.51. The summed E-state index contributed by atoms with van der Waals surface area (Å²) < 4.78 is 0. The van der Waals surface area contributed by atoms with Gasteiger partial charge >= 0.3 is 0 Å². The highest BCUT2D eigenvalue weighted by Gasteiger charge is 1.96. The molecule has 0 amide bonds. The Kier molecular flexibility index (Phi) is 12.0. The SMILES string of the molecule is CCCCCCCCCCCCCCCc1cc(C)ccn1. The second-order valence-corrected chi connectivity index (χ2v) is 6.82. The molecule has 0 fully saturated rings. The van der Waals surface area contributed by atoms with Crippen LogP contribution in [0.4, 0.5) is 0 Å². The van der Waals surface area contributed by atoms with Gasteiger partial charge in [-0.1, -0.05) is 84.0 Å². The molecule has 0 saturated carbocycles. The van der Waals surface area contributed by atoms with Gasteiger partial charge in [-0.25, -0.2) is 0 Å². The summed E-state index contributed by atoms with van der Waals surface area (Å²) in [6, 6.07) is 4.30. The number of hydrogen-bond donors (Lipinski definition) is 0. The van der Waals surface area contributed by atoms with E-state index in [0.29, 0.717) is 0 Å². The fraction of sp³-hybridized carbons (Fsp3) is 0.762. The van der Waals surface area contributed by atoms with Crippen LogP contribution in [0.3, 0.4) is 0 Å². The smallest absolute Gasteiger partial charge is 0.0406 e. The van der Waals surface area contributed by atoms with Crippen molar-refractivity contribution in [3.63, 3.8) is 0 Å². The summed E-state index contributed by atoms with van der Waals surface area (Å²) in [5.41, 5.74) is 2.60. The first kappa shape index (κ1) is 19.2. The summed E-state index contributed by atoms with van der Waals surface area (Å²) in [5.74, 6) is 0. The van der Waals surface area contributed by atoms with Crippen molar-refractivity contribution < 1.29 is 0 Å². The normalized spacial score (nSPS) is 11.0. The van der Waals surface area contributed by atoms with E-state index in [2.05, 4.69) is 31.0 Å². The molecule has 0 atom stereocenters. The highest BCUT2D eigenvalue weighted by Crippen LogP contribution is 2.13. The molecule has 0 aliphatic heterocycles. The molecule has 0 bridgehead atoms. The number of aryl methyl sites for hydroxylation is 2. The van der Waals surface area contributed by atoms with Gasteiger partial charge in [-0.3, -0.25) is 4.98 Å². The van der Waals surface area contributed by atoms with Crippen molar-refractivity contribution in [2.45, 2.75) is 104 Å². The number of unbranched alkanes of at least 4 members (excludes halogenated alkanes) is 12. The minimum Gasteiger partial charge on any atom is -0.261 e.